The molecule has 0 radical (unpaired) electrons. The maximum atomic E-state index is 14.0. The van der Waals surface area contributed by atoms with Gasteiger partial charge in [0.2, 0.25) is 5.95 Å². The van der Waals surface area contributed by atoms with Crippen molar-refractivity contribution in [2.45, 2.75) is 45.2 Å². The summed E-state index contributed by atoms with van der Waals surface area (Å²) >= 11 is 0. The lowest BCUT2D eigenvalue weighted by Crippen LogP contribution is -2.55. The molecule has 1 atom stereocenters. The van der Waals surface area contributed by atoms with Crippen LogP contribution in [-0.4, -0.2) is 55.7 Å². The molecule has 2 aliphatic rings. The van der Waals surface area contributed by atoms with Gasteiger partial charge in [0, 0.05) is 42.1 Å². The number of nitrogens with one attached hydrogen (secondary N) is 1. The minimum Gasteiger partial charge on any atom is -0.494 e. The number of carbonyl (C=O) groups excluding carboxylic acids is 1. The van der Waals surface area contributed by atoms with Crippen LogP contribution >= 0.6 is 0 Å². The molecule has 11 nitrogen and oxygen atoms in total. The Bertz CT molecular complexity index is 1610. The predicted octanol–water partition coefficient (Wildman–Crippen LogP) is 4.20. The van der Waals surface area contributed by atoms with Crippen LogP contribution in [0.5, 0.6) is 5.75 Å². The van der Waals surface area contributed by atoms with Crippen molar-refractivity contribution in [1.82, 2.24) is 30.0 Å². The number of hydrogen-bond acceptors (Lipinski definition) is 9. The third-order valence-electron chi connectivity index (χ3n) is 7.42. The molecule has 41 heavy (non-hydrogen) atoms. The van der Waals surface area contributed by atoms with Crippen molar-refractivity contribution in [3.8, 4) is 28.4 Å². The second-order valence-electron chi connectivity index (χ2n) is 10.3. The molecular weight excluding hydrogens is 522 g/mol. The molecule has 1 N–H and O–H groups in total. The minimum atomic E-state index is -0.616. The molecule has 1 aliphatic carbocycles. The monoisotopic (exact) mass is 553 g/mol. The van der Waals surface area contributed by atoms with E-state index in [1.807, 2.05) is 42.6 Å². The summed E-state index contributed by atoms with van der Waals surface area (Å²) in [7, 11) is 1.57. The van der Waals surface area contributed by atoms with E-state index in [2.05, 4.69) is 31.9 Å². The van der Waals surface area contributed by atoms with Crippen molar-refractivity contribution < 1.29 is 14.1 Å². The van der Waals surface area contributed by atoms with E-state index < -0.39 is 5.76 Å². The zero-order chi connectivity index (χ0) is 28.3. The topological polar surface area (TPSA) is 130 Å². The maximum absolute atomic E-state index is 14.0. The average molecular weight is 554 g/mol. The number of pyridine rings is 1. The van der Waals surface area contributed by atoms with Gasteiger partial charge in [0.25, 0.3) is 5.91 Å². The number of aromatic amines is 1. The lowest BCUT2D eigenvalue weighted by atomic mass is 10.00. The first-order chi connectivity index (χ1) is 20.1. The average Bonchev–Trinajstić information content (AvgIpc) is 3.76. The first kappa shape index (κ1) is 26.4. The molecule has 4 heterocycles. The van der Waals surface area contributed by atoms with Crippen molar-refractivity contribution in [3.63, 3.8) is 0 Å². The summed E-state index contributed by atoms with van der Waals surface area (Å²) in [5.41, 5.74) is 3.78. The second-order valence-corrected chi connectivity index (χ2v) is 10.3. The smallest absolute Gasteiger partial charge is 0.439 e. The van der Waals surface area contributed by atoms with Crippen molar-refractivity contribution in [3.05, 3.63) is 82.9 Å². The van der Waals surface area contributed by atoms with Crippen LogP contribution in [0.25, 0.3) is 22.6 Å². The fraction of sp³-hybridized carbons (Fsp3) is 0.333. The number of anilines is 1. The molecule has 0 saturated heterocycles. The summed E-state index contributed by atoms with van der Waals surface area (Å²) in [6.45, 7) is 3.01. The Labute approximate surface area is 236 Å². The number of amides is 1. The van der Waals surface area contributed by atoms with Crippen molar-refractivity contribution in [1.29, 1.82) is 0 Å². The van der Waals surface area contributed by atoms with Gasteiger partial charge in [-0.1, -0.05) is 48.8 Å². The highest BCUT2D eigenvalue weighted by atomic mass is 16.5. The Morgan fingerprint density at radius 3 is 2.44 bits per heavy atom. The van der Waals surface area contributed by atoms with E-state index in [9.17, 15) is 9.59 Å². The van der Waals surface area contributed by atoms with Gasteiger partial charge in [0.1, 0.15) is 6.17 Å². The standard InChI is InChI=1S/C30H31N7O4/c1-3-4-13-36-18-21(28(38)37(27(36)20-10-11-20)29-32-16-22(40-2)17-33-29)14-19-9-12-25(31-15-19)23-7-5-6-8-24(23)26-34-30(39)41-35-26/h5-9,12,15-18,20,27H,3-4,10-11,13-14H2,1-2H3,(H,34,35,39). The van der Waals surface area contributed by atoms with Gasteiger partial charge in [-0.25, -0.2) is 14.8 Å². The van der Waals surface area contributed by atoms with Crippen LogP contribution in [0.4, 0.5) is 5.95 Å². The Balaban J connectivity index is 1.30. The van der Waals surface area contributed by atoms with E-state index in [0.29, 0.717) is 46.7 Å². The molecule has 1 saturated carbocycles. The number of aromatic nitrogens is 5. The van der Waals surface area contributed by atoms with Gasteiger partial charge in [0.05, 0.1) is 25.2 Å². The Hall–Kier alpha value is -4.80. The van der Waals surface area contributed by atoms with Gasteiger partial charge in [-0.05, 0) is 36.8 Å². The quantitative estimate of drug-likeness (QED) is 0.307. The molecule has 11 heteroatoms. The molecule has 1 amide bonds. The fourth-order valence-electron chi connectivity index (χ4n) is 5.21. The van der Waals surface area contributed by atoms with E-state index >= 15 is 0 Å². The summed E-state index contributed by atoms with van der Waals surface area (Å²) in [5.74, 6) is 0.949. The molecule has 1 unspecified atom stereocenters. The number of nitrogens with zero attached hydrogens (tertiary/aromatic N) is 6. The van der Waals surface area contributed by atoms with E-state index in [1.165, 1.54) is 0 Å². The summed E-state index contributed by atoms with van der Waals surface area (Å²) in [5, 5.41) is 3.83. The van der Waals surface area contributed by atoms with Gasteiger partial charge in [0.15, 0.2) is 11.6 Å². The highest BCUT2D eigenvalue weighted by molar-refractivity contribution is 6.06. The third-order valence-corrected chi connectivity index (χ3v) is 7.42. The molecule has 4 aromatic rings. The van der Waals surface area contributed by atoms with Gasteiger partial charge in [-0.3, -0.25) is 24.2 Å². The molecular formula is C30H31N7O4. The lowest BCUT2D eigenvalue weighted by Gasteiger charge is -2.42. The van der Waals surface area contributed by atoms with Gasteiger partial charge in [-0.2, -0.15) is 0 Å². The number of ether oxygens (including phenoxy) is 1. The van der Waals surface area contributed by atoms with Crippen LogP contribution in [0.1, 0.15) is 38.2 Å². The minimum absolute atomic E-state index is 0.0933. The summed E-state index contributed by atoms with van der Waals surface area (Å²) in [4.78, 5) is 45.8. The Kier molecular flexibility index (Phi) is 7.32. The molecule has 1 aromatic carbocycles. The summed E-state index contributed by atoms with van der Waals surface area (Å²) in [6.07, 6.45) is 11.5. The Morgan fingerprint density at radius 2 is 1.80 bits per heavy atom. The number of methoxy groups -OCH3 is 1. The van der Waals surface area contributed by atoms with Crippen molar-refractivity contribution in [2.24, 2.45) is 5.92 Å². The third kappa shape index (κ3) is 5.47. The van der Waals surface area contributed by atoms with Gasteiger partial charge in [-0.15, -0.1) is 0 Å². The predicted molar refractivity (Wildman–Crippen MR) is 152 cm³/mol. The van der Waals surface area contributed by atoms with Crippen LogP contribution in [0.3, 0.4) is 0 Å². The second kappa shape index (κ2) is 11.4. The summed E-state index contributed by atoms with van der Waals surface area (Å²) < 4.78 is 9.93. The van der Waals surface area contributed by atoms with E-state index in [4.69, 9.17) is 14.2 Å². The largest absolute Gasteiger partial charge is 0.494 e. The van der Waals surface area contributed by atoms with Crippen LogP contribution < -0.4 is 15.4 Å². The molecule has 210 valence electrons. The molecule has 1 aliphatic heterocycles. The number of carbonyl (C=O) groups is 1. The summed E-state index contributed by atoms with van der Waals surface area (Å²) in [6, 6.07) is 11.4. The highest BCUT2D eigenvalue weighted by Gasteiger charge is 2.45. The van der Waals surface area contributed by atoms with Crippen LogP contribution in [0, 0.1) is 5.92 Å². The van der Waals surface area contributed by atoms with Gasteiger partial charge < -0.3 is 9.64 Å². The molecule has 1 fully saturated rings. The van der Waals surface area contributed by atoms with E-state index in [-0.39, 0.29) is 12.1 Å². The Morgan fingerprint density at radius 1 is 1.02 bits per heavy atom. The van der Waals surface area contributed by atoms with Crippen LogP contribution in [-0.2, 0) is 11.2 Å². The highest BCUT2D eigenvalue weighted by Crippen LogP contribution is 2.41. The van der Waals surface area contributed by atoms with Crippen molar-refractivity contribution >= 4 is 11.9 Å². The van der Waals surface area contributed by atoms with Gasteiger partial charge >= 0.3 is 5.76 Å². The first-order valence-corrected chi connectivity index (χ1v) is 13.8. The zero-order valence-corrected chi connectivity index (χ0v) is 23.0. The van der Waals surface area contributed by atoms with E-state index in [1.54, 1.807) is 30.6 Å². The normalized spacial score (nSPS) is 17.1. The van der Waals surface area contributed by atoms with E-state index in [0.717, 1.165) is 43.4 Å². The zero-order valence-electron chi connectivity index (χ0n) is 23.0. The SMILES string of the molecule is CCCCN1C=C(Cc2ccc(-c3ccccc3-c3noc(=O)[nH]3)nc2)C(=O)N(c2ncc(OC)cn2)C1C1CC1. The number of H-pyrrole nitrogens is 1. The number of rotatable bonds is 10. The lowest BCUT2D eigenvalue weighted by molar-refractivity contribution is -0.117. The maximum Gasteiger partial charge on any atom is 0.439 e. The first-order valence-electron chi connectivity index (χ1n) is 13.8. The molecule has 3 aromatic heterocycles. The molecule has 0 bridgehead atoms. The molecule has 0 spiro atoms. The number of unbranched alkanes of at least 4 members (excludes halogenated alkanes) is 1. The van der Waals surface area contributed by atoms with Crippen molar-refractivity contribution in [2.75, 3.05) is 18.6 Å². The van der Waals surface area contributed by atoms with Crippen LogP contribution in [0.15, 0.2) is 76.1 Å². The number of hydrogen-bond donors (Lipinski definition) is 1. The number of benzene rings is 1. The van der Waals surface area contributed by atoms with Crippen LogP contribution in [0.2, 0.25) is 0 Å². The fourth-order valence-corrected chi connectivity index (χ4v) is 5.21. The molecule has 6 rings (SSSR count).